The lowest BCUT2D eigenvalue weighted by Gasteiger charge is -2.45. The van der Waals surface area contributed by atoms with Gasteiger partial charge in [-0.05, 0) is 63.4 Å². The van der Waals surface area contributed by atoms with Gasteiger partial charge in [-0.25, -0.2) is 8.42 Å². The van der Waals surface area contributed by atoms with Gasteiger partial charge in [-0.2, -0.15) is 0 Å². The topological polar surface area (TPSA) is 55.4 Å². The Labute approximate surface area is 168 Å². The molecule has 0 amide bonds. The third-order valence-corrected chi connectivity index (χ3v) is 8.70. The lowest BCUT2D eigenvalue weighted by atomic mass is 9.73. The van der Waals surface area contributed by atoms with E-state index in [1.54, 1.807) is 0 Å². The Bertz CT molecular complexity index is 975. The molecule has 0 radical (unpaired) electrons. The number of rotatable bonds is 3. The molecule has 5 heteroatoms. The van der Waals surface area contributed by atoms with Gasteiger partial charge < -0.3 is 10.1 Å². The van der Waals surface area contributed by atoms with Gasteiger partial charge in [0.2, 0.25) is 0 Å². The highest BCUT2D eigenvalue weighted by atomic mass is 32.2. The Hall–Kier alpha value is -1.85. The molecule has 1 fully saturated rings. The predicted molar refractivity (Wildman–Crippen MR) is 113 cm³/mol. The van der Waals surface area contributed by atoms with Crippen LogP contribution in [0, 0.1) is 0 Å². The highest BCUT2D eigenvalue weighted by Crippen LogP contribution is 2.49. The van der Waals surface area contributed by atoms with E-state index in [0.717, 1.165) is 54.8 Å². The van der Waals surface area contributed by atoms with Crippen molar-refractivity contribution in [1.29, 1.82) is 0 Å². The standard InChI is InChI=1S/C23H29NO3S/c1-22(2,28(3,25)26)20-10-6-4-8-17(20)19-16-23(12-14-24-15-13-23)27-21-11-7-5-9-18(19)21/h4-11,19,24H,12-16H2,1-3H3. The summed E-state index contributed by atoms with van der Waals surface area (Å²) in [5, 5.41) is 3.43. The van der Waals surface area contributed by atoms with Crippen molar-refractivity contribution in [2.75, 3.05) is 19.3 Å². The number of hydrogen-bond donors (Lipinski definition) is 1. The van der Waals surface area contributed by atoms with Gasteiger partial charge in [-0.3, -0.25) is 0 Å². The average Bonchev–Trinajstić information content (AvgIpc) is 2.67. The minimum atomic E-state index is -3.27. The van der Waals surface area contributed by atoms with Crippen LogP contribution < -0.4 is 10.1 Å². The van der Waals surface area contributed by atoms with Gasteiger partial charge in [0.25, 0.3) is 0 Å². The summed E-state index contributed by atoms with van der Waals surface area (Å²) >= 11 is 0. The number of sulfone groups is 1. The van der Waals surface area contributed by atoms with Crippen molar-refractivity contribution in [2.45, 2.75) is 49.4 Å². The second-order valence-electron chi connectivity index (χ2n) is 8.70. The molecule has 28 heavy (non-hydrogen) atoms. The first kappa shape index (κ1) is 19.5. The fourth-order valence-electron chi connectivity index (χ4n) is 4.63. The van der Waals surface area contributed by atoms with Crippen LogP contribution in [0.25, 0.3) is 0 Å². The summed E-state index contributed by atoms with van der Waals surface area (Å²) in [4.78, 5) is 0. The highest BCUT2D eigenvalue weighted by molar-refractivity contribution is 7.91. The van der Waals surface area contributed by atoms with Crippen LogP contribution in [-0.2, 0) is 14.6 Å². The monoisotopic (exact) mass is 399 g/mol. The largest absolute Gasteiger partial charge is 0.487 e. The first-order valence-electron chi connectivity index (χ1n) is 10.0. The highest BCUT2D eigenvalue weighted by Gasteiger charge is 2.44. The van der Waals surface area contributed by atoms with Crippen molar-refractivity contribution in [1.82, 2.24) is 5.32 Å². The van der Waals surface area contributed by atoms with Crippen molar-refractivity contribution < 1.29 is 13.2 Å². The maximum atomic E-state index is 12.6. The van der Waals surface area contributed by atoms with E-state index in [0.29, 0.717) is 0 Å². The average molecular weight is 400 g/mol. The summed E-state index contributed by atoms with van der Waals surface area (Å²) < 4.78 is 30.8. The van der Waals surface area contributed by atoms with E-state index in [4.69, 9.17) is 4.74 Å². The molecule has 4 nitrogen and oxygen atoms in total. The van der Waals surface area contributed by atoms with Crippen LogP contribution in [0.1, 0.15) is 55.7 Å². The number of hydrogen-bond acceptors (Lipinski definition) is 4. The molecule has 0 aromatic heterocycles. The van der Waals surface area contributed by atoms with E-state index in [1.807, 2.05) is 44.2 Å². The van der Waals surface area contributed by atoms with Crippen LogP contribution in [0.5, 0.6) is 5.75 Å². The number of piperidine rings is 1. The second-order valence-corrected chi connectivity index (χ2v) is 11.3. The number of ether oxygens (including phenoxy) is 1. The molecule has 2 aromatic rings. The Kier molecular flexibility index (Phi) is 4.79. The molecule has 1 atom stereocenters. The Morgan fingerprint density at radius 1 is 1.00 bits per heavy atom. The summed E-state index contributed by atoms with van der Waals surface area (Å²) in [6.45, 7) is 5.52. The normalized spacial score (nSPS) is 21.8. The van der Waals surface area contributed by atoms with E-state index >= 15 is 0 Å². The van der Waals surface area contributed by atoms with Crippen LogP contribution in [0.2, 0.25) is 0 Å². The Morgan fingerprint density at radius 2 is 1.61 bits per heavy atom. The summed E-state index contributed by atoms with van der Waals surface area (Å²) in [5.74, 6) is 1.06. The molecular formula is C23H29NO3S. The molecular weight excluding hydrogens is 370 g/mol. The molecule has 1 unspecified atom stereocenters. The molecule has 2 aliphatic rings. The predicted octanol–water partition coefficient (Wildman–Crippen LogP) is 4.00. The lowest BCUT2D eigenvalue weighted by Crippen LogP contribution is -2.49. The fourth-order valence-corrected chi connectivity index (χ4v) is 5.22. The molecule has 150 valence electrons. The van der Waals surface area contributed by atoms with Gasteiger partial charge in [0.15, 0.2) is 9.84 Å². The SMILES string of the molecule is CC(C)(c1ccccc1C1CC2(CCNCC2)Oc2ccccc21)S(C)(=O)=O. The smallest absolute Gasteiger partial charge is 0.156 e. The Balaban J connectivity index is 1.87. The van der Waals surface area contributed by atoms with E-state index in [2.05, 4.69) is 23.5 Å². The summed E-state index contributed by atoms with van der Waals surface area (Å²) in [5.41, 5.74) is 2.96. The van der Waals surface area contributed by atoms with Crippen molar-refractivity contribution in [3.8, 4) is 5.75 Å². The van der Waals surface area contributed by atoms with Gasteiger partial charge in [0.1, 0.15) is 11.4 Å². The maximum Gasteiger partial charge on any atom is 0.156 e. The first-order valence-corrected chi connectivity index (χ1v) is 11.9. The Morgan fingerprint density at radius 3 is 2.29 bits per heavy atom. The summed E-state index contributed by atoms with van der Waals surface area (Å²) in [7, 11) is -3.27. The zero-order valence-electron chi connectivity index (χ0n) is 16.9. The second kappa shape index (κ2) is 6.89. The van der Waals surface area contributed by atoms with E-state index in [9.17, 15) is 8.42 Å². The van der Waals surface area contributed by atoms with Gasteiger partial charge >= 0.3 is 0 Å². The molecule has 1 spiro atoms. The number of para-hydroxylation sites is 1. The van der Waals surface area contributed by atoms with Gasteiger partial charge in [0, 0.05) is 17.7 Å². The zero-order valence-corrected chi connectivity index (χ0v) is 17.7. The van der Waals surface area contributed by atoms with Crippen molar-refractivity contribution in [3.05, 3.63) is 65.2 Å². The number of benzene rings is 2. The van der Waals surface area contributed by atoms with E-state index < -0.39 is 14.6 Å². The minimum Gasteiger partial charge on any atom is -0.487 e. The van der Waals surface area contributed by atoms with E-state index in [-0.39, 0.29) is 11.5 Å². The maximum absolute atomic E-state index is 12.6. The third-order valence-electron chi connectivity index (χ3n) is 6.62. The lowest BCUT2D eigenvalue weighted by molar-refractivity contribution is 0.0113. The van der Waals surface area contributed by atoms with Crippen LogP contribution in [0.4, 0.5) is 0 Å². The quantitative estimate of drug-likeness (QED) is 0.847. The zero-order chi connectivity index (χ0) is 20.0. The minimum absolute atomic E-state index is 0.125. The molecule has 1 saturated heterocycles. The first-order chi connectivity index (χ1) is 13.2. The molecule has 1 N–H and O–H groups in total. The number of nitrogens with one attached hydrogen (secondary N) is 1. The molecule has 2 heterocycles. The van der Waals surface area contributed by atoms with Crippen LogP contribution >= 0.6 is 0 Å². The van der Waals surface area contributed by atoms with Gasteiger partial charge in [-0.1, -0.05) is 42.5 Å². The molecule has 2 aliphatic heterocycles. The summed E-state index contributed by atoms with van der Waals surface area (Å²) in [6, 6.07) is 16.3. The molecule has 2 aromatic carbocycles. The molecule has 0 saturated carbocycles. The van der Waals surface area contributed by atoms with Crippen molar-refractivity contribution >= 4 is 9.84 Å². The van der Waals surface area contributed by atoms with Crippen LogP contribution in [-0.4, -0.2) is 33.4 Å². The molecule has 4 rings (SSSR count). The molecule has 0 bridgehead atoms. The van der Waals surface area contributed by atoms with Crippen molar-refractivity contribution in [3.63, 3.8) is 0 Å². The van der Waals surface area contributed by atoms with Crippen molar-refractivity contribution in [2.24, 2.45) is 0 Å². The fraction of sp³-hybridized carbons (Fsp3) is 0.478. The van der Waals surface area contributed by atoms with Crippen LogP contribution in [0.15, 0.2) is 48.5 Å². The number of fused-ring (bicyclic) bond motifs is 1. The summed E-state index contributed by atoms with van der Waals surface area (Å²) in [6.07, 6.45) is 4.14. The van der Waals surface area contributed by atoms with Gasteiger partial charge in [0.05, 0.1) is 4.75 Å². The van der Waals surface area contributed by atoms with Gasteiger partial charge in [-0.15, -0.1) is 0 Å². The van der Waals surface area contributed by atoms with Crippen LogP contribution in [0.3, 0.4) is 0 Å². The third kappa shape index (κ3) is 3.25. The molecule has 0 aliphatic carbocycles. The van der Waals surface area contributed by atoms with E-state index in [1.165, 1.54) is 6.26 Å².